The monoisotopic (exact) mass is 254 g/mol. The van der Waals surface area contributed by atoms with Gasteiger partial charge in [-0.3, -0.25) is 4.79 Å². The Bertz CT molecular complexity index is 269. The highest BCUT2D eigenvalue weighted by Crippen LogP contribution is 2.26. The van der Waals surface area contributed by atoms with Crippen molar-refractivity contribution in [3.05, 3.63) is 0 Å². The molecule has 18 heavy (non-hydrogen) atoms. The van der Waals surface area contributed by atoms with Crippen molar-refractivity contribution in [2.75, 3.05) is 13.2 Å². The van der Waals surface area contributed by atoms with Gasteiger partial charge in [0.2, 0.25) is 5.91 Å². The fourth-order valence-electron chi connectivity index (χ4n) is 2.97. The minimum Gasteiger partial charge on any atom is -0.378 e. The van der Waals surface area contributed by atoms with E-state index in [1.165, 1.54) is 19.3 Å². The summed E-state index contributed by atoms with van der Waals surface area (Å²) >= 11 is 0. The summed E-state index contributed by atoms with van der Waals surface area (Å²) in [4.78, 5) is 12.1. The number of hydrogen-bond donors (Lipinski definition) is 2. The number of nitrogens with one attached hydrogen (secondary N) is 1. The highest BCUT2D eigenvalue weighted by molar-refractivity contribution is 5.86. The lowest BCUT2D eigenvalue weighted by molar-refractivity contribution is -0.127. The molecule has 0 aromatic carbocycles. The first-order valence-electron chi connectivity index (χ1n) is 7.39. The van der Waals surface area contributed by atoms with Gasteiger partial charge in [-0.1, -0.05) is 19.3 Å². The molecular formula is C14H26N2O2. The molecule has 0 spiro atoms. The minimum atomic E-state index is -0.605. The van der Waals surface area contributed by atoms with E-state index in [0.717, 1.165) is 45.1 Å². The van der Waals surface area contributed by atoms with Gasteiger partial charge in [-0.05, 0) is 38.5 Å². The molecule has 0 aromatic rings. The molecule has 2 rings (SSSR count). The number of rotatable bonds is 4. The summed E-state index contributed by atoms with van der Waals surface area (Å²) in [5.74, 6) is 0.0398. The Morgan fingerprint density at radius 3 is 2.67 bits per heavy atom. The average molecular weight is 254 g/mol. The van der Waals surface area contributed by atoms with Crippen molar-refractivity contribution in [1.82, 2.24) is 5.32 Å². The van der Waals surface area contributed by atoms with Gasteiger partial charge < -0.3 is 15.8 Å². The lowest BCUT2D eigenvalue weighted by Gasteiger charge is -2.32. The summed E-state index contributed by atoms with van der Waals surface area (Å²) in [6.07, 6.45) is 9.84. The van der Waals surface area contributed by atoms with Crippen LogP contribution in [0, 0.1) is 0 Å². The SMILES string of the molecule is NC1(C(=O)NCCC2CCCCO2)CCCCC1. The summed E-state index contributed by atoms with van der Waals surface area (Å²) in [6, 6.07) is 0. The van der Waals surface area contributed by atoms with Crippen molar-refractivity contribution in [1.29, 1.82) is 0 Å². The van der Waals surface area contributed by atoms with Gasteiger partial charge in [0.1, 0.15) is 0 Å². The third kappa shape index (κ3) is 3.69. The van der Waals surface area contributed by atoms with Crippen LogP contribution in [-0.4, -0.2) is 30.7 Å². The molecule has 1 atom stereocenters. The van der Waals surface area contributed by atoms with Crippen LogP contribution in [0.4, 0.5) is 0 Å². The van der Waals surface area contributed by atoms with E-state index in [0.29, 0.717) is 12.6 Å². The molecule has 0 radical (unpaired) electrons. The summed E-state index contributed by atoms with van der Waals surface area (Å²) in [5, 5.41) is 3.00. The van der Waals surface area contributed by atoms with Gasteiger partial charge in [-0.2, -0.15) is 0 Å². The molecule has 1 saturated heterocycles. The summed E-state index contributed by atoms with van der Waals surface area (Å²) in [5.41, 5.74) is 5.57. The van der Waals surface area contributed by atoms with Crippen LogP contribution in [-0.2, 0) is 9.53 Å². The first kappa shape index (κ1) is 13.8. The number of hydrogen-bond acceptors (Lipinski definition) is 3. The normalized spacial score (nSPS) is 27.7. The maximum Gasteiger partial charge on any atom is 0.240 e. The Balaban J connectivity index is 1.67. The van der Waals surface area contributed by atoms with Gasteiger partial charge >= 0.3 is 0 Å². The Labute approximate surface area is 110 Å². The number of carbonyl (C=O) groups excluding carboxylic acids is 1. The molecule has 1 aliphatic carbocycles. The van der Waals surface area contributed by atoms with E-state index in [1.54, 1.807) is 0 Å². The van der Waals surface area contributed by atoms with Gasteiger partial charge in [0.25, 0.3) is 0 Å². The van der Waals surface area contributed by atoms with Crippen LogP contribution in [0.5, 0.6) is 0 Å². The van der Waals surface area contributed by atoms with Crippen molar-refractivity contribution >= 4 is 5.91 Å². The second-order valence-corrected chi connectivity index (χ2v) is 5.75. The van der Waals surface area contributed by atoms with Crippen LogP contribution in [0.2, 0.25) is 0 Å². The molecule has 1 aliphatic heterocycles. The van der Waals surface area contributed by atoms with Gasteiger partial charge in [0.05, 0.1) is 11.6 Å². The fourth-order valence-corrected chi connectivity index (χ4v) is 2.97. The molecule has 0 bridgehead atoms. The zero-order chi connectivity index (χ0) is 12.8. The van der Waals surface area contributed by atoms with E-state index < -0.39 is 5.54 Å². The molecule has 4 heteroatoms. The molecule has 4 nitrogen and oxygen atoms in total. The molecular weight excluding hydrogens is 228 g/mol. The van der Waals surface area contributed by atoms with Crippen LogP contribution < -0.4 is 11.1 Å². The van der Waals surface area contributed by atoms with Crippen LogP contribution in [0.3, 0.4) is 0 Å². The molecule has 3 N–H and O–H groups in total. The van der Waals surface area contributed by atoms with Crippen molar-refractivity contribution in [2.45, 2.75) is 69.4 Å². The second kappa shape index (κ2) is 6.53. The molecule has 0 aromatic heterocycles. The van der Waals surface area contributed by atoms with E-state index in [9.17, 15) is 4.79 Å². The predicted octanol–water partition coefficient (Wildman–Crippen LogP) is 1.72. The van der Waals surface area contributed by atoms with E-state index in [-0.39, 0.29) is 5.91 Å². The molecule has 2 aliphatic rings. The van der Waals surface area contributed by atoms with Crippen LogP contribution in [0.25, 0.3) is 0 Å². The summed E-state index contributed by atoms with van der Waals surface area (Å²) in [6.45, 7) is 1.57. The first-order valence-corrected chi connectivity index (χ1v) is 7.39. The van der Waals surface area contributed by atoms with E-state index in [1.807, 2.05) is 0 Å². The molecule has 104 valence electrons. The van der Waals surface area contributed by atoms with Gasteiger partial charge in [0.15, 0.2) is 0 Å². The zero-order valence-electron chi connectivity index (χ0n) is 11.2. The predicted molar refractivity (Wildman–Crippen MR) is 71.2 cm³/mol. The van der Waals surface area contributed by atoms with Gasteiger partial charge in [-0.25, -0.2) is 0 Å². The Kier molecular flexibility index (Phi) is 5.01. The zero-order valence-corrected chi connectivity index (χ0v) is 11.2. The number of nitrogens with two attached hydrogens (primary N) is 1. The number of carbonyl (C=O) groups is 1. The Hall–Kier alpha value is -0.610. The van der Waals surface area contributed by atoms with Crippen molar-refractivity contribution in [3.8, 4) is 0 Å². The van der Waals surface area contributed by atoms with E-state index in [4.69, 9.17) is 10.5 Å². The van der Waals surface area contributed by atoms with Crippen molar-refractivity contribution < 1.29 is 9.53 Å². The highest BCUT2D eigenvalue weighted by atomic mass is 16.5. The molecule has 1 heterocycles. The minimum absolute atomic E-state index is 0.0398. The van der Waals surface area contributed by atoms with Crippen LogP contribution in [0.1, 0.15) is 57.8 Å². The Morgan fingerprint density at radius 1 is 1.22 bits per heavy atom. The van der Waals surface area contributed by atoms with E-state index in [2.05, 4.69) is 5.32 Å². The lowest BCUT2D eigenvalue weighted by atomic mass is 9.82. The van der Waals surface area contributed by atoms with Crippen LogP contribution >= 0.6 is 0 Å². The number of amides is 1. The third-order valence-electron chi connectivity index (χ3n) is 4.22. The van der Waals surface area contributed by atoms with Crippen molar-refractivity contribution in [3.63, 3.8) is 0 Å². The smallest absolute Gasteiger partial charge is 0.240 e. The molecule has 1 unspecified atom stereocenters. The van der Waals surface area contributed by atoms with Gasteiger partial charge in [-0.15, -0.1) is 0 Å². The van der Waals surface area contributed by atoms with Gasteiger partial charge in [0, 0.05) is 13.2 Å². The maximum absolute atomic E-state index is 12.1. The largest absolute Gasteiger partial charge is 0.378 e. The Morgan fingerprint density at radius 2 is 2.00 bits per heavy atom. The fraction of sp³-hybridized carbons (Fsp3) is 0.929. The molecule has 2 fully saturated rings. The summed E-state index contributed by atoms with van der Waals surface area (Å²) in [7, 11) is 0. The molecule has 1 saturated carbocycles. The highest BCUT2D eigenvalue weighted by Gasteiger charge is 2.34. The first-order chi connectivity index (χ1) is 8.71. The standard InChI is InChI=1S/C14H26N2O2/c15-14(8-3-1-4-9-14)13(17)16-10-7-12-6-2-5-11-18-12/h12H,1-11,15H2,(H,16,17). The third-order valence-corrected chi connectivity index (χ3v) is 4.22. The average Bonchev–Trinajstić information content (AvgIpc) is 2.41. The quantitative estimate of drug-likeness (QED) is 0.803. The van der Waals surface area contributed by atoms with E-state index >= 15 is 0 Å². The van der Waals surface area contributed by atoms with Crippen LogP contribution in [0.15, 0.2) is 0 Å². The lowest BCUT2D eigenvalue weighted by Crippen LogP contribution is -2.55. The maximum atomic E-state index is 12.1. The second-order valence-electron chi connectivity index (χ2n) is 5.75. The summed E-state index contributed by atoms with van der Waals surface area (Å²) < 4.78 is 5.65. The topological polar surface area (TPSA) is 64.4 Å². The molecule has 1 amide bonds. The van der Waals surface area contributed by atoms with Crippen molar-refractivity contribution in [2.24, 2.45) is 5.73 Å². The number of ether oxygens (including phenoxy) is 1.